The Morgan fingerprint density at radius 1 is 0.806 bits per heavy atom. The molecule has 146 valence electrons. The highest BCUT2D eigenvalue weighted by Crippen LogP contribution is 2.51. The quantitative estimate of drug-likeness (QED) is 0.683. The normalized spacial score (nSPS) is 24.6. The van der Waals surface area contributed by atoms with E-state index < -0.39 is 0 Å². The van der Waals surface area contributed by atoms with E-state index in [1.54, 1.807) is 0 Å². The molecular weight excluding hydrogens is 382 g/mol. The summed E-state index contributed by atoms with van der Waals surface area (Å²) in [5.41, 5.74) is 9.55. The van der Waals surface area contributed by atoms with Crippen LogP contribution in [0, 0.1) is 5.92 Å². The van der Waals surface area contributed by atoms with Crippen molar-refractivity contribution in [1.29, 1.82) is 0 Å². The van der Waals surface area contributed by atoms with Crippen LogP contribution in [0.3, 0.4) is 0 Å². The van der Waals surface area contributed by atoms with Crippen LogP contribution < -0.4 is 0 Å². The van der Waals surface area contributed by atoms with Crippen LogP contribution >= 0.6 is 0 Å². The Kier molecular flexibility index (Phi) is 3.36. The van der Waals surface area contributed by atoms with E-state index in [-0.39, 0.29) is 12.0 Å². The van der Waals surface area contributed by atoms with Gasteiger partial charge in [-0.3, -0.25) is 4.99 Å². The van der Waals surface area contributed by atoms with Crippen molar-refractivity contribution in [3.8, 4) is 11.5 Å². The molecule has 31 heavy (non-hydrogen) atoms. The Hall–Kier alpha value is -4.05. The van der Waals surface area contributed by atoms with Crippen molar-refractivity contribution in [2.45, 2.75) is 6.04 Å². The number of fused-ring (bicyclic) bond motifs is 2. The smallest absolute Gasteiger partial charge is 0.248 e. The molecule has 0 spiro atoms. The molecule has 1 aliphatic heterocycles. The predicted octanol–water partition coefficient (Wildman–Crippen LogP) is 5.36. The molecule has 2 atom stereocenters. The van der Waals surface area contributed by atoms with Gasteiger partial charge in [-0.1, -0.05) is 54.7 Å². The van der Waals surface area contributed by atoms with Crippen LogP contribution in [-0.4, -0.2) is 22.5 Å². The summed E-state index contributed by atoms with van der Waals surface area (Å²) in [6.07, 6.45) is 21.5. The van der Waals surface area contributed by atoms with Crippen LogP contribution in [0.5, 0.6) is 0 Å². The molecule has 0 fully saturated rings. The van der Waals surface area contributed by atoms with Gasteiger partial charge in [0.1, 0.15) is 6.04 Å². The van der Waals surface area contributed by atoms with Gasteiger partial charge in [0.2, 0.25) is 11.8 Å². The van der Waals surface area contributed by atoms with E-state index in [4.69, 9.17) is 9.41 Å². The molecule has 5 aliphatic rings. The van der Waals surface area contributed by atoms with Crippen molar-refractivity contribution in [2.24, 2.45) is 10.9 Å². The molecule has 4 aliphatic carbocycles. The van der Waals surface area contributed by atoms with E-state index in [1.807, 2.05) is 42.6 Å². The zero-order valence-electron chi connectivity index (χ0n) is 16.6. The predicted molar refractivity (Wildman–Crippen MR) is 121 cm³/mol. The summed E-state index contributed by atoms with van der Waals surface area (Å²) >= 11 is 0. The lowest BCUT2D eigenvalue weighted by atomic mass is 9.65. The molecule has 0 amide bonds. The van der Waals surface area contributed by atoms with Gasteiger partial charge in [-0.2, -0.15) is 0 Å². The van der Waals surface area contributed by atoms with E-state index in [9.17, 15) is 0 Å². The molecule has 0 radical (unpaired) electrons. The van der Waals surface area contributed by atoms with Crippen molar-refractivity contribution in [1.82, 2.24) is 10.2 Å². The highest BCUT2D eigenvalue weighted by atomic mass is 16.4. The van der Waals surface area contributed by atoms with Crippen LogP contribution in [0.4, 0.5) is 0 Å². The fourth-order valence-electron chi connectivity index (χ4n) is 5.03. The second kappa shape index (κ2) is 6.22. The van der Waals surface area contributed by atoms with Crippen molar-refractivity contribution < 1.29 is 4.42 Å². The maximum Gasteiger partial charge on any atom is 0.248 e. The van der Waals surface area contributed by atoms with Crippen LogP contribution in [-0.2, 0) is 0 Å². The van der Waals surface area contributed by atoms with Gasteiger partial charge in [0.25, 0.3) is 0 Å². The highest BCUT2D eigenvalue weighted by Gasteiger charge is 2.39. The van der Waals surface area contributed by atoms with Gasteiger partial charge in [-0.25, -0.2) is 0 Å². The molecule has 2 aromatic rings. The number of benzene rings is 1. The Labute approximate surface area is 179 Å². The third-order valence-corrected chi connectivity index (χ3v) is 6.42. The molecule has 1 aromatic carbocycles. The Morgan fingerprint density at radius 2 is 1.71 bits per heavy atom. The Balaban J connectivity index is 1.37. The average molecular weight is 399 g/mol. The van der Waals surface area contributed by atoms with Gasteiger partial charge in [0.15, 0.2) is 0 Å². The fraction of sp³-hybridized carbons (Fsp3) is 0.0741. The van der Waals surface area contributed by atoms with Crippen LogP contribution in [0.25, 0.3) is 17.0 Å². The summed E-state index contributed by atoms with van der Waals surface area (Å²) in [5, 5.41) is 8.68. The molecular formula is C27H17N3O. The molecule has 1 aromatic heterocycles. The van der Waals surface area contributed by atoms with Crippen molar-refractivity contribution >= 4 is 11.8 Å². The summed E-state index contributed by atoms with van der Waals surface area (Å²) in [6.45, 7) is 0. The van der Waals surface area contributed by atoms with Gasteiger partial charge < -0.3 is 4.42 Å². The summed E-state index contributed by atoms with van der Waals surface area (Å²) in [4.78, 5) is 4.76. The van der Waals surface area contributed by atoms with E-state index >= 15 is 0 Å². The van der Waals surface area contributed by atoms with E-state index in [2.05, 4.69) is 58.8 Å². The number of hydrogen-bond acceptors (Lipinski definition) is 4. The third-order valence-electron chi connectivity index (χ3n) is 6.42. The Bertz CT molecular complexity index is 1420. The minimum atomic E-state index is 0.0803. The number of allylic oxidation sites excluding steroid dienone is 12. The summed E-state index contributed by atoms with van der Waals surface area (Å²) in [5.74, 6) is 1.27. The van der Waals surface area contributed by atoms with Crippen LogP contribution in [0.2, 0.25) is 0 Å². The minimum Gasteiger partial charge on any atom is -0.416 e. The molecule has 4 nitrogen and oxygen atoms in total. The third kappa shape index (κ3) is 2.39. The molecule has 0 saturated heterocycles. The molecule has 4 heteroatoms. The monoisotopic (exact) mass is 399 g/mol. The lowest BCUT2D eigenvalue weighted by Gasteiger charge is -2.39. The van der Waals surface area contributed by atoms with Gasteiger partial charge in [-0.05, 0) is 63.8 Å². The highest BCUT2D eigenvalue weighted by molar-refractivity contribution is 5.84. The van der Waals surface area contributed by atoms with Crippen LogP contribution in [0.15, 0.2) is 128 Å². The summed E-state index contributed by atoms with van der Waals surface area (Å²) < 4.78 is 6.10. The van der Waals surface area contributed by atoms with E-state index in [0.29, 0.717) is 11.8 Å². The Morgan fingerprint density at radius 3 is 2.65 bits per heavy atom. The molecule has 0 N–H and O–H groups in total. The standard InChI is InChI=1S/C27H17N3O/c1-2-5-17(6-3-1)26-29-30-27(31-26)21-12-8-16-9-13-22-24-18(10-11-20(21)23(16)24)15-19-7-4-14-28-25(19)22/h1-15,23,25H. The summed E-state index contributed by atoms with van der Waals surface area (Å²) in [7, 11) is 0. The first kappa shape index (κ1) is 16.7. The number of aliphatic imine (C=N–C) groups is 1. The lowest BCUT2D eigenvalue weighted by Crippen LogP contribution is -2.29. The number of dihydropyridines is 1. The zero-order valence-corrected chi connectivity index (χ0v) is 16.6. The van der Waals surface area contributed by atoms with Crippen LogP contribution in [0.1, 0.15) is 5.89 Å². The van der Waals surface area contributed by atoms with Crippen molar-refractivity contribution in [3.63, 3.8) is 0 Å². The molecule has 2 heterocycles. The lowest BCUT2D eigenvalue weighted by molar-refractivity contribution is 0.553. The van der Waals surface area contributed by atoms with Gasteiger partial charge in [0.05, 0.1) is 0 Å². The van der Waals surface area contributed by atoms with Gasteiger partial charge >= 0.3 is 0 Å². The average Bonchev–Trinajstić information content (AvgIpc) is 3.32. The largest absolute Gasteiger partial charge is 0.416 e. The second-order valence-electron chi connectivity index (χ2n) is 8.11. The first-order chi connectivity index (χ1) is 15.4. The van der Waals surface area contributed by atoms with E-state index in [0.717, 1.165) is 11.1 Å². The van der Waals surface area contributed by atoms with Gasteiger partial charge in [0, 0.05) is 23.3 Å². The second-order valence-corrected chi connectivity index (χ2v) is 8.11. The van der Waals surface area contributed by atoms with Gasteiger partial charge in [-0.15, -0.1) is 10.2 Å². The minimum absolute atomic E-state index is 0.0803. The first-order valence-corrected chi connectivity index (χ1v) is 10.4. The maximum atomic E-state index is 6.10. The van der Waals surface area contributed by atoms with Crippen molar-refractivity contribution in [2.75, 3.05) is 0 Å². The van der Waals surface area contributed by atoms with Crippen molar-refractivity contribution in [3.05, 3.63) is 124 Å². The molecule has 0 saturated carbocycles. The first-order valence-electron chi connectivity index (χ1n) is 10.4. The SMILES string of the molecule is C1=CC2=CC3=C4C(=CC=C5C=CC(c6nnc(-c7ccccc7)o6)=C(C=C3)C54)C2N=C1. The fourth-order valence-corrected chi connectivity index (χ4v) is 5.03. The topological polar surface area (TPSA) is 51.3 Å². The summed E-state index contributed by atoms with van der Waals surface area (Å²) in [6, 6.07) is 9.96. The molecule has 7 rings (SSSR count). The number of aromatic nitrogens is 2. The number of nitrogens with zero attached hydrogens (tertiary/aromatic N) is 3. The number of rotatable bonds is 2. The maximum absolute atomic E-state index is 6.10. The molecule has 2 unspecified atom stereocenters. The molecule has 0 bridgehead atoms. The zero-order chi connectivity index (χ0) is 20.4. The van der Waals surface area contributed by atoms with E-state index in [1.165, 1.54) is 33.4 Å². The number of hydrogen-bond donors (Lipinski definition) is 0.